The van der Waals surface area contributed by atoms with Gasteiger partial charge in [0.15, 0.2) is 17.7 Å². The minimum Gasteiger partial charge on any atom is -0.383 e. The second-order valence-electron chi connectivity index (χ2n) is 6.45. The summed E-state index contributed by atoms with van der Waals surface area (Å²) in [5, 5.41) is 21.9. The lowest BCUT2D eigenvalue weighted by atomic mass is 10.0. The van der Waals surface area contributed by atoms with Gasteiger partial charge in [0, 0.05) is 12.0 Å². The second-order valence-corrected chi connectivity index (χ2v) is 6.45. The Balaban J connectivity index is 1.88. The van der Waals surface area contributed by atoms with E-state index in [0.29, 0.717) is 11.2 Å². The summed E-state index contributed by atoms with van der Waals surface area (Å²) < 4.78 is 7.38. The standard InChI is InChI=1S/C13H18N6O3/c1-11(2)12(20)6(3-14)22-10(13(11,12)21)19-5-18-7-8(15)16-4-17-9(7)19/h4-6,10,20-21H,3,14H2,1-2H3,(H2,15,16,17)/t6-,10-,12-,13+/m1/s1. The molecule has 1 saturated heterocycles. The lowest BCUT2D eigenvalue weighted by Crippen LogP contribution is -2.39. The monoisotopic (exact) mass is 306 g/mol. The van der Waals surface area contributed by atoms with Gasteiger partial charge in [-0.2, -0.15) is 0 Å². The second kappa shape index (κ2) is 3.74. The fourth-order valence-electron chi connectivity index (χ4n) is 3.93. The maximum Gasteiger partial charge on any atom is 0.169 e. The van der Waals surface area contributed by atoms with E-state index in [1.165, 1.54) is 12.7 Å². The summed E-state index contributed by atoms with van der Waals surface area (Å²) in [5.74, 6) is 0.245. The highest BCUT2D eigenvalue weighted by Gasteiger charge is 2.92. The molecule has 0 bridgehead atoms. The van der Waals surface area contributed by atoms with E-state index in [2.05, 4.69) is 15.0 Å². The number of hydrogen-bond donors (Lipinski definition) is 4. The quantitative estimate of drug-likeness (QED) is 0.539. The number of nitrogens with zero attached hydrogens (tertiary/aromatic N) is 4. The van der Waals surface area contributed by atoms with Crippen LogP contribution in [0.25, 0.3) is 11.2 Å². The van der Waals surface area contributed by atoms with Gasteiger partial charge < -0.3 is 26.4 Å². The van der Waals surface area contributed by atoms with Crippen molar-refractivity contribution >= 4 is 17.0 Å². The van der Waals surface area contributed by atoms with Crippen LogP contribution in [0.15, 0.2) is 12.7 Å². The van der Waals surface area contributed by atoms with Crippen LogP contribution in [0.1, 0.15) is 20.1 Å². The number of hydrogen-bond acceptors (Lipinski definition) is 8. The van der Waals surface area contributed by atoms with Crippen molar-refractivity contribution in [3.63, 3.8) is 0 Å². The number of aliphatic hydroxyl groups is 2. The number of nitrogen functional groups attached to an aromatic ring is 1. The van der Waals surface area contributed by atoms with Crippen LogP contribution in [0.5, 0.6) is 0 Å². The topological polar surface area (TPSA) is 145 Å². The van der Waals surface area contributed by atoms with Crippen LogP contribution >= 0.6 is 0 Å². The van der Waals surface area contributed by atoms with Gasteiger partial charge in [-0.3, -0.25) is 4.57 Å². The molecule has 2 aromatic heterocycles. The van der Waals surface area contributed by atoms with Gasteiger partial charge in [0.25, 0.3) is 0 Å². The lowest BCUT2D eigenvalue weighted by molar-refractivity contribution is -0.107. The summed E-state index contributed by atoms with van der Waals surface area (Å²) in [6, 6.07) is 0. The Morgan fingerprint density at radius 1 is 1.27 bits per heavy atom. The van der Waals surface area contributed by atoms with Crippen LogP contribution in [-0.2, 0) is 4.74 Å². The Labute approximate surface area is 125 Å². The highest BCUT2D eigenvalue weighted by atomic mass is 16.6. The van der Waals surface area contributed by atoms with Crippen molar-refractivity contribution in [2.24, 2.45) is 11.1 Å². The molecule has 0 amide bonds. The number of fused-ring (bicyclic) bond motifs is 2. The number of anilines is 1. The van der Waals surface area contributed by atoms with E-state index in [-0.39, 0.29) is 12.4 Å². The van der Waals surface area contributed by atoms with Crippen molar-refractivity contribution < 1.29 is 14.9 Å². The number of nitrogens with two attached hydrogens (primary N) is 2. The maximum absolute atomic E-state index is 11.1. The van der Waals surface area contributed by atoms with Crippen LogP contribution in [0.4, 0.5) is 5.82 Å². The van der Waals surface area contributed by atoms with E-state index in [9.17, 15) is 10.2 Å². The van der Waals surface area contributed by atoms with Crippen LogP contribution < -0.4 is 11.5 Å². The van der Waals surface area contributed by atoms with Gasteiger partial charge in [-0.15, -0.1) is 0 Å². The molecule has 118 valence electrons. The van der Waals surface area contributed by atoms with Crippen molar-refractivity contribution in [1.29, 1.82) is 0 Å². The van der Waals surface area contributed by atoms with Gasteiger partial charge in [0.05, 0.1) is 6.33 Å². The van der Waals surface area contributed by atoms with Crippen LogP contribution in [0.3, 0.4) is 0 Å². The Hall–Kier alpha value is -1.81. The Morgan fingerprint density at radius 2 is 2.00 bits per heavy atom. The molecule has 0 radical (unpaired) electrons. The summed E-state index contributed by atoms with van der Waals surface area (Å²) in [6.45, 7) is 3.67. The summed E-state index contributed by atoms with van der Waals surface area (Å²) in [4.78, 5) is 12.2. The van der Waals surface area contributed by atoms with Crippen LogP contribution in [-0.4, -0.2) is 53.6 Å². The molecule has 2 fully saturated rings. The zero-order valence-corrected chi connectivity index (χ0v) is 12.3. The number of rotatable bonds is 2. The molecule has 3 heterocycles. The fraction of sp³-hybridized carbons (Fsp3) is 0.615. The smallest absolute Gasteiger partial charge is 0.169 e. The number of imidazole rings is 1. The number of aromatic nitrogens is 4. The Bertz CT molecular complexity index is 776. The minimum atomic E-state index is -1.47. The normalized spacial score (nSPS) is 39.1. The molecule has 22 heavy (non-hydrogen) atoms. The number of ether oxygens (including phenoxy) is 1. The molecule has 2 aliphatic rings. The molecule has 1 saturated carbocycles. The van der Waals surface area contributed by atoms with Gasteiger partial charge in [0.2, 0.25) is 0 Å². The van der Waals surface area contributed by atoms with E-state index in [4.69, 9.17) is 16.2 Å². The van der Waals surface area contributed by atoms with Crippen LogP contribution in [0.2, 0.25) is 0 Å². The van der Waals surface area contributed by atoms with Gasteiger partial charge in [-0.1, -0.05) is 13.8 Å². The highest BCUT2D eigenvalue weighted by molar-refractivity contribution is 5.81. The first-order valence-corrected chi connectivity index (χ1v) is 7.04. The summed E-state index contributed by atoms with van der Waals surface area (Å²) in [7, 11) is 0. The molecule has 0 spiro atoms. The SMILES string of the molecule is CC1(C)[C@]2(O)[C@@H](CN)O[C@@H](n3cnc4c(N)ncnc43)[C@]12O. The lowest BCUT2D eigenvalue weighted by Gasteiger charge is -2.27. The van der Waals surface area contributed by atoms with Crippen molar-refractivity contribution in [2.75, 3.05) is 12.3 Å². The molecule has 4 rings (SSSR count). The van der Waals surface area contributed by atoms with E-state index in [0.717, 1.165) is 0 Å². The molecule has 0 aromatic carbocycles. The molecule has 2 aromatic rings. The van der Waals surface area contributed by atoms with Gasteiger partial charge >= 0.3 is 0 Å². The van der Waals surface area contributed by atoms with Crippen LogP contribution in [0, 0.1) is 5.41 Å². The third kappa shape index (κ3) is 1.16. The summed E-state index contributed by atoms with van der Waals surface area (Å²) in [5.41, 5.74) is 8.70. The van der Waals surface area contributed by atoms with Gasteiger partial charge in [0.1, 0.15) is 29.2 Å². The fourth-order valence-corrected chi connectivity index (χ4v) is 3.93. The van der Waals surface area contributed by atoms with Crippen molar-refractivity contribution in [3.05, 3.63) is 12.7 Å². The third-order valence-corrected chi connectivity index (χ3v) is 5.39. The Kier molecular flexibility index (Phi) is 2.35. The highest BCUT2D eigenvalue weighted by Crippen LogP contribution is 2.75. The molecule has 9 nitrogen and oxygen atoms in total. The summed E-state index contributed by atoms with van der Waals surface area (Å²) in [6.07, 6.45) is 1.28. The minimum absolute atomic E-state index is 0.0997. The molecular weight excluding hydrogens is 288 g/mol. The zero-order valence-electron chi connectivity index (χ0n) is 12.3. The van der Waals surface area contributed by atoms with Crippen molar-refractivity contribution in [1.82, 2.24) is 19.5 Å². The average Bonchev–Trinajstić information content (AvgIpc) is 2.86. The van der Waals surface area contributed by atoms with E-state index >= 15 is 0 Å². The maximum atomic E-state index is 11.1. The Morgan fingerprint density at radius 3 is 2.64 bits per heavy atom. The predicted octanol–water partition coefficient (Wildman–Crippen LogP) is -1.23. The first-order valence-electron chi connectivity index (χ1n) is 7.04. The average molecular weight is 306 g/mol. The summed E-state index contributed by atoms with van der Waals surface area (Å²) >= 11 is 0. The van der Waals surface area contributed by atoms with E-state index < -0.39 is 28.9 Å². The van der Waals surface area contributed by atoms with Gasteiger partial charge in [-0.25, -0.2) is 15.0 Å². The molecule has 0 unspecified atom stereocenters. The molecule has 1 aliphatic heterocycles. The van der Waals surface area contributed by atoms with Crippen molar-refractivity contribution in [2.45, 2.75) is 37.4 Å². The molecular formula is C13H18N6O3. The first kappa shape index (κ1) is 13.8. The molecule has 9 heteroatoms. The zero-order chi connectivity index (χ0) is 15.9. The van der Waals surface area contributed by atoms with E-state index in [1.807, 2.05) is 0 Å². The molecule has 6 N–H and O–H groups in total. The first-order chi connectivity index (χ1) is 10.3. The largest absolute Gasteiger partial charge is 0.383 e. The molecule has 4 atom stereocenters. The van der Waals surface area contributed by atoms with Crippen molar-refractivity contribution in [3.8, 4) is 0 Å². The van der Waals surface area contributed by atoms with E-state index in [1.54, 1.807) is 18.4 Å². The van der Waals surface area contributed by atoms with Gasteiger partial charge in [-0.05, 0) is 0 Å². The predicted molar refractivity (Wildman–Crippen MR) is 76.4 cm³/mol. The molecule has 1 aliphatic carbocycles. The third-order valence-electron chi connectivity index (χ3n) is 5.39.